The molecule has 0 aliphatic carbocycles. The van der Waals surface area contributed by atoms with Crippen molar-refractivity contribution in [3.63, 3.8) is 0 Å². The first-order valence-electron chi connectivity index (χ1n) is 6.59. The highest BCUT2D eigenvalue weighted by Gasteiger charge is 2.24. The Kier molecular flexibility index (Phi) is 7.39. The number of carboxylic acid groups (broad SMARTS) is 1. The number of hydrogen-bond donors (Lipinski definition) is 2. The summed E-state index contributed by atoms with van der Waals surface area (Å²) in [5.41, 5.74) is 0. The molecule has 2 amide bonds. The van der Waals surface area contributed by atoms with E-state index in [-0.39, 0.29) is 18.0 Å². The van der Waals surface area contributed by atoms with Gasteiger partial charge in [0.25, 0.3) is 0 Å². The number of rotatable bonds is 7. The van der Waals surface area contributed by atoms with Crippen LogP contribution in [0, 0.1) is 5.92 Å². The third kappa shape index (κ3) is 5.89. The van der Waals surface area contributed by atoms with Crippen molar-refractivity contribution in [2.75, 3.05) is 6.54 Å². The van der Waals surface area contributed by atoms with Crippen LogP contribution in [-0.4, -0.2) is 40.6 Å². The number of carbonyl (C=O) groups excluding carboxylic acids is 1. The molecule has 0 saturated heterocycles. The van der Waals surface area contributed by atoms with Gasteiger partial charge in [-0.15, -0.1) is 0 Å². The van der Waals surface area contributed by atoms with Gasteiger partial charge >= 0.3 is 12.0 Å². The van der Waals surface area contributed by atoms with E-state index in [4.69, 9.17) is 5.11 Å². The number of nitrogens with zero attached hydrogens (tertiary/aromatic N) is 1. The van der Waals surface area contributed by atoms with Gasteiger partial charge in [-0.25, -0.2) is 9.59 Å². The van der Waals surface area contributed by atoms with E-state index in [1.807, 2.05) is 34.6 Å². The monoisotopic (exact) mass is 258 g/mol. The van der Waals surface area contributed by atoms with Crippen LogP contribution in [0.4, 0.5) is 4.79 Å². The topological polar surface area (TPSA) is 69.6 Å². The first-order chi connectivity index (χ1) is 8.29. The Bertz CT molecular complexity index is 277. The molecule has 2 N–H and O–H groups in total. The minimum Gasteiger partial charge on any atom is -0.480 e. The van der Waals surface area contributed by atoms with Crippen LogP contribution in [-0.2, 0) is 4.79 Å². The molecule has 0 fully saturated rings. The van der Waals surface area contributed by atoms with Crippen LogP contribution in [0.25, 0.3) is 0 Å². The molecule has 0 spiro atoms. The zero-order chi connectivity index (χ0) is 14.3. The highest BCUT2D eigenvalue weighted by Crippen LogP contribution is 2.07. The number of carboxylic acids is 1. The normalized spacial score (nSPS) is 12.6. The molecule has 1 atom stereocenters. The Labute approximate surface area is 110 Å². The third-order valence-electron chi connectivity index (χ3n) is 2.65. The van der Waals surface area contributed by atoms with Crippen molar-refractivity contribution >= 4 is 12.0 Å². The minimum absolute atomic E-state index is 0.0680. The second kappa shape index (κ2) is 7.95. The maximum atomic E-state index is 12.0. The van der Waals surface area contributed by atoms with Gasteiger partial charge in [0.15, 0.2) is 0 Å². The summed E-state index contributed by atoms with van der Waals surface area (Å²) in [6.45, 7) is 10.4. The highest BCUT2D eigenvalue weighted by molar-refractivity contribution is 5.82. The molecule has 0 radical (unpaired) electrons. The fourth-order valence-corrected chi connectivity index (χ4v) is 1.76. The molecule has 0 aromatic heterocycles. The molecule has 18 heavy (non-hydrogen) atoms. The summed E-state index contributed by atoms with van der Waals surface area (Å²) in [7, 11) is 0. The second-order valence-electron chi connectivity index (χ2n) is 5.26. The fourth-order valence-electron chi connectivity index (χ4n) is 1.76. The van der Waals surface area contributed by atoms with Gasteiger partial charge in [0.05, 0.1) is 0 Å². The van der Waals surface area contributed by atoms with Gasteiger partial charge in [-0.05, 0) is 32.6 Å². The zero-order valence-electron chi connectivity index (χ0n) is 12.1. The molecule has 0 aromatic rings. The van der Waals surface area contributed by atoms with Gasteiger partial charge in [-0.1, -0.05) is 20.8 Å². The van der Waals surface area contributed by atoms with Crippen molar-refractivity contribution in [2.45, 2.75) is 59.5 Å². The SMILES string of the molecule is CCCN(C(=O)N[C@@H](CC(C)C)C(=O)O)C(C)C. The third-order valence-corrected chi connectivity index (χ3v) is 2.65. The summed E-state index contributed by atoms with van der Waals surface area (Å²) in [6.07, 6.45) is 1.30. The van der Waals surface area contributed by atoms with Crippen molar-refractivity contribution in [3.05, 3.63) is 0 Å². The van der Waals surface area contributed by atoms with Crippen LogP contribution in [0.1, 0.15) is 47.5 Å². The highest BCUT2D eigenvalue weighted by atomic mass is 16.4. The number of carbonyl (C=O) groups is 2. The van der Waals surface area contributed by atoms with Gasteiger partial charge in [0.2, 0.25) is 0 Å². The molecule has 5 heteroatoms. The average molecular weight is 258 g/mol. The van der Waals surface area contributed by atoms with E-state index in [9.17, 15) is 9.59 Å². The van der Waals surface area contributed by atoms with Crippen LogP contribution >= 0.6 is 0 Å². The first kappa shape index (κ1) is 16.7. The largest absolute Gasteiger partial charge is 0.480 e. The van der Waals surface area contributed by atoms with Gasteiger partial charge in [0, 0.05) is 12.6 Å². The van der Waals surface area contributed by atoms with Gasteiger partial charge in [-0.3, -0.25) is 0 Å². The Morgan fingerprint density at radius 1 is 1.22 bits per heavy atom. The van der Waals surface area contributed by atoms with E-state index in [0.717, 1.165) is 6.42 Å². The van der Waals surface area contributed by atoms with Crippen molar-refractivity contribution in [1.82, 2.24) is 10.2 Å². The molecule has 0 rings (SSSR count). The van der Waals surface area contributed by atoms with Crippen molar-refractivity contribution in [1.29, 1.82) is 0 Å². The van der Waals surface area contributed by atoms with Crippen molar-refractivity contribution < 1.29 is 14.7 Å². The predicted molar refractivity (Wildman–Crippen MR) is 71.5 cm³/mol. The lowest BCUT2D eigenvalue weighted by Crippen LogP contribution is -2.50. The van der Waals surface area contributed by atoms with Crippen LogP contribution in [0.3, 0.4) is 0 Å². The van der Waals surface area contributed by atoms with Crippen LogP contribution < -0.4 is 5.32 Å². The summed E-state index contributed by atoms with van der Waals surface area (Å²) in [6, 6.07) is -1.03. The Morgan fingerprint density at radius 2 is 1.78 bits per heavy atom. The summed E-state index contributed by atoms with van der Waals surface area (Å²) >= 11 is 0. The first-order valence-corrected chi connectivity index (χ1v) is 6.59. The predicted octanol–water partition coefficient (Wildman–Crippen LogP) is 2.32. The quantitative estimate of drug-likeness (QED) is 0.736. The molecule has 106 valence electrons. The maximum absolute atomic E-state index is 12.0. The summed E-state index contributed by atoms with van der Waals surface area (Å²) < 4.78 is 0. The molecule has 0 aromatic carbocycles. The van der Waals surface area contributed by atoms with Crippen molar-refractivity contribution in [2.24, 2.45) is 5.92 Å². The molecule has 0 aliphatic heterocycles. The Hall–Kier alpha value is -1.26. The molecule has 0 unspecified atom stereocenters. The summed E-state index contributed by atoms with van der Waals surface area (Å²) in [5, 5.41) is 11.7. The van der Waals surface area contributed by atoms with Crippen molar-refractivity contribution in [3.8, 4) is 0 Å². The minimum atomic E-state index is -0.975. The molecular weight excluding hydrogens is 232 g/mol. The van der Waals surface area contributed by atoms with E-state index >= 15 is 0 Å². The average Bonchev–Trinajstić information content (AvgIpc) is 2.23. The molecule has 0 saturated carbocycles. The lowest BCUT2D eigenvalue weighted by atomic mass is 10.0. The standard InChI is InChI=1S/C13H26N2O3/c1-6-7-15(10(4)5)13(18)14-11(12(16)17)8-9(2)3/h9-11H,6-8H2,1-5H3,(H,14,18)(H,16,17)/t11-/m0/s1. The smallest absolute Gasteiger partial charge is 0.326 e. The number of hydrogen-bond acceptors (Lipinski definition) is 2. The number of aliphatic carboxylic acids is 1. The van der Waals surface area contributed by atoms with Gasteiger partial charge < -0.3 is 15.3 Å². The van der Waals surface area contributed by atoms with E-state index in [1.165, 1.54) is 0 Å². The van der Waals surface area contributed by atoms with E-state index in [2.05, 4.69) is 5.32 Å². The summed E-state index contributed by atoms with van der Waals surface area (Å²) in [5.74, 6) is -0.748. The van der Waals surface area contributed by atoms with Gasteiger partial charge in [0.1, 0.15) is 6.04 Å². The molecule has 0 aliphatic rings. The van der Waals surface area contributed by atoms with Gasteiger partial charge in [-0.2, -0.15) is 0 Å². The molecule has 0 bridgehead atoms. The summed E-state index contributed by atoms with van der Waals surface area (Å²) in [4.78, 5) is 24.8. The zero-order valence-corrected chi connectivity index (χ0v) is 12.1. The molecular formula is C13H26N2O3. The number of amides is 2. The molecule has 0 heterocycles. The Balaban J connectivity index is 4.60. The van der Waals surface area contributed by atoms with E-state index in [1.54, 1.807) is 4.90 Å². The van der Waals surface area contributed by atoms with Crippen LogP contribution in [0.2, 0.25) is 0 Å². The van der Waals surface area contributed by atoms with Crippen LogP contribution in [0.15, 0.2) is 0 Å². The lowest BCUT2D eigenvalue weighted by Gasteiger charge is -2.28. The Morgan fingerprint density at radius 3 is 2.11 bits per heavy atom. The maximum Gasteiger partial charge on any atom is 0.326 e. The second-order valence-corrected chi connectivity index (χ2v) is 5.26. The van der Waals surface area contributed by atoms with E-state index in [0.29, 0.717) is 13.0 Å². The fraction of sp³-hybridized carbons (Fsp3) is 0.846. The van der Waals surface area contributed by atoms with E-state index < -0.39 is 12.0 Å². The molecule has 5 nitrogen and oxygen atoms in total. The van der Waals surface area contributed by atoms with Crippen LogP contribution in [0.5, 0.6) is 0 Å². The lowest BCUT2D eigenvalue weighted by molar-refractivity contribution is -0.139. The number of nitrogens with one attached hydrogen (secondary N) is 1. The number of urea groups is 1.